The predicted molar refractivity (Wildman–Crippen MR) is 100 cm³/mol. The van der Waals surface area contributed by atoms with E-state index in [0.29, 0.717) is 29.1 Å². The van der Waals surface area contributed by atoms with Gasteiger partial charge in [0.1, 0.15) is 0 Å². The Morgan fingerprint density at radius 2 is 2.00 bits per heavy atom. The molecule has 134 valence electrons. The summed E-state index contributed by atoms with van der Waals surface area (Å²) in [5, 5.41) is 10.3. The quantitative estimate of drug-likeness (QED) is 0.407. The van der Waals surface area contributed by atoms with Crippen LogP contribution >= 0.6 is 23.2 Å². The first kappa shape index (κ1) is 19.1. The van der Waals surface area contributed by atoms with Crippen molar-refractivity contribution in [3.05, 3.63) is 58.0 Å². The van der Waals surface area contributed by atoms with Crippen LogP contribution < -0.4 is 16.0 Å². The van der Waals surface area contributed by atoms with E-state index in [1.54, 1.807) is 31.3 Å². The Morgan fingerprint density at radius 1 is 1.24 bits per heavy atom. The number of amides is 1. The lowest BCUT2D eigenvalue weighted by Gasteiger charge is -2.19. The van der Waals surface area contributed by atoms with E-state index in [0.717, 1.165) is 5.56 Å². The second-order valence-corrected chi connectivity index (χ2v) is 6.11. The maximum atomic E-state index is 11.7. The van der Waals surface area contributed by atoms with Crippen molar-refractivity contribution < 1.29 is 9.21 Å². The highest BCUT2D eigenvalue weighted by Crippen LogP contribution is 2.25. The van der Waals surface area contributed by atoms with Gasteiger partial charge in [-0.2, -0.15) is 0 Å². The SMILES string of the molecule is CN=C(NCCNC(=O)c1ccco1)NC(C)c1ccc(Cl)cc1Cl. The van der Waals surface area contributed by atoms with E-state index < -0.39 is 0 Å². The predicted octanol–water partition coefficient (Wildman–Crippen LogP) is 3.24. The molecule has 0 radical (unpaired) electrons. The highest BCUT2D eigenvalue weighted by molar-refractivity contribution is 6.35. The van der Waals surface area contributed by atoms with Gasteiger partial charge in [-0.25, -0.2) is 0 Å². The molecule has 0 aliphatic rings. The first-order valence-corrected chi connectivity index (χ1v) is 8.50. The molecule has 0 spiro atoms. The molecule has 1 aromatic heterocycles. The van der Waals surface area contributed by atoms with E-state index in [1.165, 1.54) is 6.26 Å². The van der Waals surface area contributed by atoms with Gasteiger partial charge >= 0.3 is 0 Å². The molecule has 0 fully saturated rings. The minimum atomic E-state index is -0.254. The Hall–Kier alpha value is -2.18. The highest BCUT2D eigenvalue weighted by Gasteiger charge is 2.12. The van der Waals surface area contributed by atoms with Gasteiger partial charge in [-0.15, -0.1) is 0 Å². The van der Waals surface area contributed by atoms with E-state index in [2.05, 4.69) is 20.9 Å². The lowest BCUT2D eigenvalue weighted by Crippen LogP contribution is -2.42. The summed E-state index contributed by atoms with van der Waals surface area (Å²) < 4.78 is 5.03. The molecule has 1 heterocycles. The van der Waals surface area contributed by atoms with Gasteiger partial charge in [0.25, 0.3) is 5.91 Å². The topological polar surface area (TPSA) is 78.7 Å². The molecule has 25 heavy (non-hydrogen) atoms. The molecule has 0 saturated heterocycles. The number of nitrogens with zero attached hydrogens (tertiary/aromatic N) is 1. The average molecular weight is 383 g/mol. The van der Waals surface area contributed by atoms with Gasteiger partial charge < -0.3 is 20.4 Å². The summed E-state index contributed by atoms with van der Waals surface area (Å²) in [6.07, 6.45) is 1.46. The normalized spacial score (nSPS) is 12.6. The van der Waals surface area contributed by atoms with E-state index >= 15 is 0 Å². The fourth-order valence-electron chi connectivity index (χ4n) is 2.18. The number of guanidine groups is 1. The average Bonchev–Trinajstić information content (AvgIpc) is 3.11. The van der Waals surface area contributed by atoms with Crippen LogP contribution in [-0.2, 0) is 0 Å². The molecule has 0 saturated carbocycles. The number of benzene rings is 1. The number of hydrogen-bond donors (Lipinski definition) is 3. The number of carbonyl (C=O) groups excluding carboxylic acids is 1. The Bertz CT molecular complexity index is 732. The zero-order valence-corrected chi connectivity index (χ0v) is 15.5. The van der Waals surface area contributed by atoms with E-state index in [-0.39, 0.29) is 17.7 Å². The largest absolute Gasteiger partial charge is 0.459 e. The summed E-state index contributed by atoms with van der Waals surface area (Å²) in [4.78, 5) is 15.9. The van der Waals surface area contributed by atoms with Crippen molar-refractivity contribution in [3.63, 3.8) is 0 Å². The monoisotopic (exact) mass is 382 g/mol. The molecule has 3 N–H and O–H groups in total. The Morgan fingerprint density at radius 3 is 2.64 bits per heavy atom. The van der Waals surface area contributed by atoms with Crippen molar-refractivity contribution >= 4 is 35.1 Å². The second kappa shape index (κ2) is 9.34. The lowest BCUT2D eigenvalue weighted by atomic mass is 10.1. The van der Waals surface area contributed by atoms with Gasteiger partial charge in [0.15, 0.2) is 11.7 Å². The molecule has 1 atom stereocenters. The maximum absolute atomic E-state index is 11.7. The zero-order valence-electron chi connectivity index (χ0n) is 14.0. The van der Waals surface area contributed by atoms with Crippen molar-refractivity contribution in [1.82, 2.24) is 16.0 Å². The van der Waals surface area contributed by atoms with Crippen molar-refractivity contribution in [3.8, 4) is 0 Å². The van der Waals surface area contributed by atoms with Gasteiger partial charge in [0.2, 0.25) is 0 Å². The number of nitrogens with one attached hydrogen (secondary N) is 3. The van der Waals surface area contributed by atoms with E-state index in [9.17, 15) is 4.79 Å². The van der Waals surface area contributed by atoms with Crippen LogP contribution in [-0.4, -0.2) is 32.0 Å². The van der Waals surface area contributed by atoms with E-state index in [4.69, 9.17) is 27.6 Å². The number of rotatable bonds is 6. The fraction of sp³-hybridized carbons (Fsp3) is 0.294. The molecule has 0 bridgehead atoms. The summed E-state index contributed by atoms with van der Waals surface area (Å²) >= 11 is 12.1. The van der Waals surface area contributed by atoms with Crippen LogP contribution in [0.4, 0.5) is 0 Å². The minimum absolute atomic E-state index is 0.0614. The Kier molecular flexibility index (Phi) is 7.16. The van der Waals surface area contributed by atoms with Crippen LogP contribution in [0.15, 0.2) is 46.0 Å². The molecular formula is C17H20Cl2N4O2. The van der Waals surface area contributed by atoms with Gasteiger partial charge in [-0.1, -0.05) is 29.3 Å². The van der Waals surface area contributed by atoms with Gasteiger partial charge in [-0.3, -0.25) is 9.79 Å². The smallest absolute Gasteiger partial charge is 0.287 e. The molecule has 1 unspecified atom stereocenters. The fourth-order valence-corrected chi connectivity index (χ4v) is 2.75. The summed E-state index contributed by atoms with van der Waals surface area (Å²) in [6, 6.07) is 8.59. The summed E-state index contributed by atoms with van der Waals surface area (Å²) in [5.74, 6) is 0.635. The number of carbonyl (C=O) groups is 1. The summed E-state index contributed by atoms with van der Waals surface area (Å²) in [5.41, 5.74) is 0.917. The van der Waals surface area contributed by atoms with Gasteiger partial charge in [-0.05, 0) is 36.8 Å². The molecule has 6 nitrogen and oxygen atoms in total. The number of halogens is 2. The molecule has 1 aromatic carbocycles. The van der Waals surface area contributed by atoms with Crippen LogP contribution in [0.5, 0.6) is 0 Å². The van der Waals surface area contributed by atoms with Crippen LogP contribution in [0, 0.1) is 0 Å². The van der Waals surface area contributed by atoms with Crippen LogP contribution in [0.3, 0.4) is 0 Å². The Balaban J connectivity index is 1.79. The first-order valence-electron chi connectivity index (χ1n) is 7.75. The third-order valence-corrected chi connectivity index (χ3v) is 4.02. The zero-order chi connectivity index (χ0) is 18.2. The number of furan rings is 1. The minimum Gasteiger partial charge on any atom is -0.459 e. The van der Waals surface area contributed by atoms with Gasteiger partial charge in [0.05, 0.1) is 12.3 Å². The van der Waals surface area contributed by atoms with E-state index in [1.807, 2.05) is 13.0 Å². The molecular weight excluding hydrogens is 363 g/mol. The Labute approximate surface area is 156 Å². The maximum Gasteiger partial charge on any atom is 0.287 e. The van der Waals surface area contributed by atoms with Crippen molar-refractivity contribution in [2.45, 2.75) is 13.0 Å². The highest BCUT2D eigenvalue weighted by atomic mass is 35.5. The number of hydrogen-bond acceptors (Lipinski definition) is 3. The summed E-state index contributed by atoms with van der Waals surface area (Å²) in [6.45, 7) is 2.91. The summed E-state index contributed by atoms with van der Waals surface area (Å²) in [7, 11) is 1.67. The van der Waals surface area contributed by atoms with Crippen LogP contribution in [0.2, 0.25) is 10.0 Å². The lowest BCUT2D eigenvalue weighted by molar-refractivity contribution is 0.0926. The standard InChI is InChI=1S/C17H20Cl2N4O2/c1-11(13-6-5-12(18)10-14(13)19)23-17(20-2)22-8-7-21-16(24)15-4-3-9-25-15/h3-6,9-11H,7-8H2,1-2H3,(H,21,24)(H2,20,22,23). The van der Waals surface area contributed by atoms with Crippen LogP contribution in [0.1, 0.15) is 29.1 Å². The molecule has 0 aliphatic carbocycles. The third-order valence-electron chi connectivity index (χ3n) is 3.45. The van der Waals surface area contributed by atoms with Crippen molar-refractivity contribution in [2.24, 2.45) is 4.99 Å². The molecule has 2 rings (SSSR count). The third kappa shape index (κ3) is 5.69. The first-order chi connectivity index (χ1) is 12.0. The van der Waals surface area contributed by atoms with Crippen LogP contribution in [0.25, 0.3) is 0 Å². The molecule has 1 amide bonds. The second-order valence-electron chi connectivity index (χ2n) is 5.26. The van der Waals surface area contributed by atoms with Gasteiger partial charge in [0, 0.05) is 30.2 Å². The molecule has 2 aromatic rings. The number of aliphatic imine (C=N–C) groups is 1. The molecule has 8 heteroatoms. The molecule has 0 aliphatic heterocycles. The van der Waals surface area contributed by atoms with Crippen molar-refractivity contribution in [2.75, 3.05) is 20.1 Å². The van der Waals surface area contributed by atoms with Crippen molar-refractivity contribution in [1.29, 1.82) is 0 Å².